The predicted octanol–water partition coefficient (Wildman–Crippen LogP) is 4.77. The van der Waals surface area contributed by atoms with Gasteiger partial charge in [-0.05, 0) is 24.5 Å². The van der Waals surface area contributed by atoms with Gasteiger partial charge in [0.1, 0.15) is 0 Å². The van der Waals surface area contributed by atoms with Gasteiger partial charge in [-0.3, -0.25) is 0 Å². The van der Waals surface area contributed by atoms with Crippen molar-refractivity contribution in [3.05, 3.63) is 24.3 Å². The number of rotatable bonds is 5. The fourth-order valence-corrected chi connectivity index (χ4v) is 4.16. The Morgan fingerprint density at radius 1 is 1.29 bits per heavy atom. The van der Waals surface area contributed by atoms with Crippen LogP contribution in [0.5, 0.6) is 0 Å². The van der Waals surface area contributed by atoms with E-state index in [-0.39, 0.29) is 0 Å². The zero-order chi connectivity index (χ0) is 12.3. The van der Waals surface area contributed by atoms with Crippen LogP contribution in [0.3, 0.4) is 0 Å². The lowest BCUT2D eigenvalue weighted by Crippen LogP contribution is -2.31. The SMILES string of the molecule is CCCC[C@@H](CC)[C@H]1Sc2ccccc2N1C. The van der Waals surface area contributed by atoms with E-state index in [1.807, 2.05) is 0 Å². The minimum Gasteiger partial charge on any atom is -0.361 e. The van der Waals surface area contributed by atoms with Crippen LogP contribution in [0.4, 0.5) is 5.69 Å². The Morgan fingerprint density at radius 3 is 2.71 bits per heavy atom. The first-order valence-corrected chi connectivity index (χ1v) is 7.64. The molecule has 0 fully saturated rings. The lowest BCUT2D eigenvalue weighted by atomic mass is 9.98. The number of unbranched alkanes of at least 4 members (excludes halogenated alkanes) is 1. The summed E-state index contributed by atoms with van der Waals surface area (Å²) in [5.41, 5.74) is 1.41. The summed E-state index contributed by atoms with van der Waals surface area (Å²) in [7, 11) is 2.25. The lowest BCUT2D eigenvalue weighted by Gasteiger charge is -2.29. The molecule has 94 valence electrons. The molecule has 2 atom stereocenters. The molecule has 2 heteroatoms. The van der Waals surface area contributed by atoms with Crippen molar-refractivity contribution in [3.63, 3.8) is 0 Å². The summed E-state index contributed by atoms with van der Waals surface area (Å²) in [5.74, 6) is 0.817. The minimum absolute atomic E-state index is 0.643. The largest absolute Gasteiger partial charge is 0.361 e. The molecular weight excluding hydrogens is 226 g/mol. The van der Waals surface area contributed by atoms with Crippen molar-refractivity contribution in [2.24, 2.45) is 5.92 Å². The molecule has 0 amide bonds. The van der Waals surface area contributed by atoms with Crippen LogP contribution in [-0.4, -0.2) is 12.4 Å². The maximum absolute atomic E-state index is 2.48. The van der Waals surface area contributed by atoms with Crippen LogP contribution < -0.4 is 4.90 Å². The first kappa shape index (κ1) is 12.8. The van der Waals surface area contributed by atoms with Crippen LogP contribution in [0.2, 0.25) is 0 Å². The fourth-order valence-electron chi connectivity index (χ4n) is 2.62. The Balaban J connectivity index is 2.09. The van der Waals surface area contributed by atoms with Gasteiger partial charge in [0.15, 0.2) is 0 Å². The highest BCUT2D eigenvalue weighted by Gasteiger charge is 2.31. The van der Waals surface area contributed by atoms with Gasteiger partial charge in [0.25, 0.3) is 0 Å². The van der Waals surface area contributed by atoms with Crippen molar-refractivity contribution in [3.8, 4) is 0 Å². The molecule has 1 heterocycles. The average molecular weight is 249 g/mol. The topological polar surface area (TPSA) is 3.24 Å². The van der Waals surface area contributed by atoms with Gasteiger partial charge < -0.3 is 4.90 Å². The molecule has 1 aliphatic rings. The van der Waals surface area contributed by atoms with Crippen molar-refractivity contribution >= 4 is 17.4 Å². The standard InChI is InChI=1S/C15H23NS/c1-4-6-9-12(5-2)15-16(3)13-10-7-8-11-14(13)17-15/h7-8,10-12,15H,4-6,9H2,1-3H3/t12-,15-/m1/s1. The molecule has 1 nitrogen and oxygen atoms in total. The number of hydrogen-bond donors (Lipinski definition) is 0. The second-order valence-electron chi connectivity index (χ2n) is 4.90. The normalized spacial score (nSPS) is 20.4. The highest BCUT2D eigenvalue weighted by atomic mass is 32.2. The quantitative estimate of drug-likeness (QED) is 0.739. The zero-order valence-electron chi connectivity index (χ0n) is 11.1. The molecule has 1 aromatic carbocycles. The third-order valence-corrected chi connectivity index (χ3v) is 5.27. The molecule has 0 N–H and O–H groups in total. The summed E-state index contributed by atoms with van der Waals surface area (Å²) in [6.45, 7) is 4.62. The number of fused-ring (bicyclic) bond motifs is 1. The van der Waals surface area contributed by atoms with Gasteiger partial charge in [0.05, 0.1) is 11.1 Å². The molecule has 0 aliphatic carbocycles. The van der Waals surface area contributed by atoms with Gasteiger partial charge in [0.2, 0.25) is 0 Å². The van der Waals surface area contributed by atoms with Crippen LogP contribution in [0.15, 0.2) is 29.2 Å². The summed E-state index contributed by atoms with van der Waals surface area (Å²) in [4.78, 5) is 3.93. The Labute approximate surface area is 110 Å². The third-order valence-electron chi connectivity index (χ3n) is 3.73. The van der Waals surface area contributed by atoms with E-state index in [0.29, 0.717) is 5.37 Å². The van der Waals surface area contributed by atoms with Crippen LogP contribution in [-0.2, 0) is 0 Å². The highest BCUT2D eigenvalue weighted by molar-refractivity contribution is 8.00. The van der Waals surface area contributed by atoms with Crippen molar-refractivity contribution < 1.29 is 0 Å². The number of nitrogens with zero attached hydrogens (tertiary/aromatic N) is 1. The van der Waals surface area contributed by atoms with Gasteiger partial charge in [-0.1, -0.05) is 57.0 Å². The number of benzene rings is 1. The number of thioether (sulfide) groups is 1. The van der Waals surface area contributed by atoms with Crippen LogP contribution in [0, 0.1) is 5.92 Å². The van der Waals surface area contributed by atoms with Crippen molar-refractivity contribution in [2.75, 3.05) is 11.9 Å². The van der Waals surface area contributed by atoms with E-state index in [0.717, 1.165) is 5.92 Å². The molecule has 0 saturated heterocycles. The van der Waals surface area contributed by atoms with E-state index >= 15 is 0 Å². The summed E-state index contributed by atoms with van der Waals surface area (Å²) < 4.78 is 0. The molecule has 0 radical (unpaired) electrons. The summed E-state index contributed by atoms with van der Waals surface area (Å²) in [5, 5.41) is 0.643. The minimum atomic E-state index is 0.643. The van der Waals surface area contributed by atoms with E-state index in [1.54, 1.807) is 0 Å². The Bertz CT molecular complexity index is 364. The van der Waals surface area contributed by atoms with Gasteiger partial charge in [-0.15, -0.1) is 0 Å². The predicted molar refractivity (Wildman–Crippen MR) is 77.8 cm³/mol. The number of hydrogen-bond acceptors (Lipinski definition) is 2. The molecule has 1 aliphatic heterocycles. The van der Waals surface area contributed by atoms with E-state index in [1.165, 1.54) is 36.3 Å². The first-order chi connectivity index (χ1) is 8.27. The smallest absolute Gasteiger partial charge is 0.0822 e. The summed E-state index contributed by atoms with van der Waals surface area (Å²) in [6, 6.07) is 8.79. The van der Waals surface area contributed by atoms with Crippen LogP contribution >= 0.6 is 11.8 Å². The van der Waals surface area contributed by atoms with Crippen molar-refractivity contribution in [1.29, 1.82) is 0 Å². The van der Waals surface area contributed by atoms with Gasteiger partial charge in [-0.2, -0.15) is 0 Å². The summed E-state index contributed by atoms with van der Waals surface area (Å²) in [6.07, 6.45) is 5.32. The maximum atomic E-state index is 2.48. The second-order valence-corrected chi connectivity index (χ2v) is 6.06. The van der Waals surface area contributed by atoms with Crippen molar-refractivity contribution in [1.82, 2.24) is 0 Å². The van der Waals surface area contributed by atoms with Gasteiger partial charge >= 0.3 is 0 Å². The molecule has 0 spiro atoms. The van der Waals surface area contributed by atoms with Gasteiger partial charge in [-0.25, -0.2) is 0 Å². The second kappa shape index (κ2) is 5.81. The molecule has 2 rings (SSSR count). The molecule has 17 heavy (non-hydrogen) atoms. The molecular formula is C15H23NS. The Morgan fingerprint density at radius 2 is 2.06 bits per heavy atom. The van der Waals surface area contributed by atoms with Gasteiger partial charge in [0, 0.05) is 11.9 Å². The molecule has 0 saturated carbocycles. The molecule has 0 bridgehead atoms. The maximum Gasteiger partial charge on any atom is 0.0822 e. The van der Waals surface area contributed by atoms with E-state index < -0.39 is 0 Å². The zero-order valence-corrected chi connectivity index (χ0v) is 12.0. The van der Waals surface area contributed by atoms with E-state index in [9.17, 15) is 0 Å². The van der Waals surface area contributed by atoms with Crippen LogP contribution in [0.25, 0.3) is 0 Å². The Kier molecular flexibility index (Phi) is 4.38. The fraction of sp³-hybridized carbons (Fsp3) is 0.600. The summed E-state index contributed by atoms with van der Waals surface area (Å²) >= 11 is 2.05. The molecule has 1 aromatic rings. The molecule has 0 unspecified atom stereocenters. The average Bonchev–Trinajstić information content (AvgIpc) is 2.69. The van der Waals surface area contributed by atoms with Crippen LogP contribution in [0.1, 0.15) is 39.5 Å². The number of anilines is 1. The third kappa shape index (κ3) is 2.62. The molecule has 0 aromatic heterocycles. The van der Waals surface area contributed by atoms with E-state index in [2.05, 4.69) is 61.8 Å². The highest BCUT2D eigenvalue weighted by Crippen LogP contribution is 2.46. The monoisotopic (exact) mass is 249 g/mol. The Hall–Kier alpha value is -0.630. The first-order valence-electron chi connectivity index (χ1n) is 6.76. The number of para-hydroxylation sites is 1. The van der Waals surface area contributed by atoms with E-state index in [4.69, 9.17) is 0 Å². The van der Waals surface area contributed by atoms with Crippen molar-refractivity contribution in [2.45, 2.75) is 49.8 Å². The lowest BCUT2D eigenvalue weighted by molar-refractivity contribution is 0.434.